The van der Waals surface area contributed by atoms with Crippen molar-refractivity contribution in [2.75, 3.05) is 20.8 Å². The summed E-state index contributed by atoms with van der Waals surface area (Å²) in [7, 11) is 2.84. The molecule has 0 saturated heterocycles. The van der Waals surface area contributed by atoms with Crippen LogP contribution in [-0.4, -0.2) is 37.7 Å². The maximum absolute atomic E-state index is 12.3. The SMILES string of the molecule is CCOC(=O)C1=CC(=O)c2c(OC)ccc(OC)c2C1O. The fourth-order valence-corrected chi connectivity index (χ4v) is 2.29. The molecule has 1 aliphatic carbocycles. The van der Waals surface area contributed by atoms with Crippen LogP contribution in [0.3, 0.4) is 0 Å². The average molecular weight is 292 g/mol. The highest BCUT2D eigenvalue weighted by atomic mass is 16.5. The van der Waals surface area contributed by atoms with E-state index < -0.39 is 17.9 Å². The van der Waals surface area contributed by atoms with Crippen molar-refractivity contribution in [1.29, 1.82) is 0 Å². The van der Waals surface area contributed by atoms with Crippen LogP contribution in [-0.2, 0) is 9.53 Å². The Balaban J connectivity index is 2.60. The summed E-state index contributed by atoms with van der Waals surface area (Å²) in [5.41, 5.74) is 0.297. The molecule has 1 aromatic carbocycles. The average Bonchev–Trinajstić information content (AvgIpc) is 2.49. The minimum atomic E-state index is -1.30. The van der Waals surface area contributed by atoms with Crippen molar-refractivity contribution < 1.29 is 28.9 Å². The Morgan fingerprint density at radius 1 is 1.24 bits per heavy atom. The van der Waals surface area contributed by atoms with E-state index >= 15 is 0 Å². The normalized spacial score (nSPS) is 16.9. The van der Waals surface area contributed by atoms with Crippen LogP contribution in [0.1, 0.15) is 28.9 Å². The third-order valence-electron chi connectivity index (χ3n) is 3.22. The Hall–Kier alpha value is -2.34. The molecule has 6 nitrogen and oxygen atoms in total. The Morgan fingerprint density at radius 3 is 2.43 bits per heavy atom. The number of carbonyl (C=O) groups is 2. The number of aliphatic hydroxyl groups excluding tert-OH is 1. The number of benzene rings is 1. The monoisotopic (exact) mass is 292 g/mol. The molecule has 1 aromatic rings. The zero-order valence-corrected chi connectivity index (χ0v) is 12.0. The number of hydrogen-bond acceptors (Lipinski definition) is 6. The van der Waals surface area contributed by atoms with Crippen LogP contribution in [0.5, 0.6) is 11.5 Å². The largest absolute Gasteiger partial charge is 0.496 e. The van der Waals surface area contributed by atoms with Crippen molar-refractivity contribution in [2.45, 2.75) is 13.0 Å². The van der Waals surface area contributed by atoms with Crippen molar-refractivity contribution in [3.63, 3.8) is 0 Å². The molecule has 1 aliphatic rings. The lowest BCUT2D eigenvalue weighted by atomic mass is 9.87. The van der Waals surface area contributed by atoms with E-state index in [9.17, 15) is 14.7 Å². The fraction of sp³-hybridized carbons (Fsp3) is 0.333. The van der Waals surface area contributed by atoms with E-state index in [-0.39, 0.29) is 23.3 Å². The maximum Gasteiger partial charge on any atom is 0.337 e. The number of carbonyl (C=O) groups excluding carboxylic acids is 2. The van der Waals surface area contributed by atoms with Gasteiger partial charge in [-0.15, -0.1) is 0 Å². The van der Waals surface area contributed by atoms with E-state index in [1.165, 1.54) is 14.2 Å². The molecule has 1 atom stereocenters. The predicted molar refractivity (Wildman–Crippen MR) is 73.6 cm³/mol. The standard InChI is InChI=1S/C15H16O6/c1-4-21-15(18)8-7-9(16)12-10(19-2)5-6-11(20-3)13(12)14(8)17/h5-7,14,17H,4H2,1-3H3. The van der Waals surface area contributed by atoms with Crippen molar-refractivity contribution in [3.8, 4) is 11.5 Å². The smallest absolute Gasteiger partial charge is 0.337 e. The van der Waals surface area contributed by atoms with Crippen molar-refractivity contribution >= 4 is 11.8 Å². The molecule has 0 saturated carbocycles. The molecule has 6 heteroatoms. The van der Waals surface area contributed by atoms with Gasteiger partial charge in [0.15, 0.2) is 5.78 Å². The highest BCUT2D eigenvalue weighted by Gasteiger charge is 2.35. The van der Waals surface area contributed by atoms with E-state index in [0.29, 0.717) is 11.5 Å². The van der Waals surface area contributed by atoms with Gasteiger partial charge in [-0.1, -0.05) is 0 Å². The first kappa shape index (κ1) is 15.1. The van der Waals surface area contributed by atoms with Crippen molar-refractivity contribution in [2.24, 2.45) is 0 Å². The summed E-state index contributed by atoms with van der Waals surface area (Å²) < 4.78 is 15.2. The molecule has 0 heterocycles. The molecule has 2 rings (SSSR count). The zero-order chi connectivity index (χ0) is 15.6. The Morgan fingerprint density at radius 2 is 1.86 bits per heavy atom. The first-order valence-electron chi connectivity index (χ1n) is 6.41. The van der Waals surface area contributed by atoms with Crippen LogP contribution in [0.25, 0.3) is 0 Å². The summed E-state index contributed by atoms with van der Waals surface area (Å²) in [6, 6.07) is 3.15. The Bertz CT molecular complexity index is 617. The molecule has 0 aromatic heterocycles. The van der Waals surface area contributed by atoms with Gasteiger partial charge in [-0.25, -0.2) is 4.79 Å². The van der Waals surface area contributed by atoms with E-state index in [2.05, 4.69) is 0 Å². The lowest BCUT2D eigenvalue weighted by Gasteiger charge is -2.24. The van der Waals surface area contributed by atoms with Crippen LogP contribution in [0.4, 0.5) is 0 Å². The lowest BCUT2D eigenvalue weighted by molar-refractivity contribution is -0.139. The van der Waals surface area contributed by atoms with Crippen LogP contribution in [0, 0.1) is 0 Å². The molecule has 0 amide bonds. The van der Waals surface area contributed by atoms with Gasteiger partial charge in [0, 0.05) is 5.56 Å². The second-order valence-corrected chi connectivity index (χ2v) is 4.35. The van der Waals surface area contributed by atoms with E-state index in [0.717, 1.165) is 6.08 Å². The minimum absolute atomic E-state index is 0.110. The number of hydrogen-bond donors (Lipinski definition) is 1. The summed E-state index contributed by atoms with van der Waals surface area (Å²) in [6.45, 7) is 1.80. The van der Waals surface area contributed by atoms with E-state index in [1.54, 1.807) is 19.1 Å². The highest BCUT2D eigenvalue weighted by molar-refractivity contribution is 6.14. The van der Waals surface area contributed by atoms with E-state index in [1.807, 2.05) is 0 Å². The molecule has 0 bridgehead atoms. The lowest BCUT2D eigenvalue weighted by Crippen LogP contribution is -2.23. The van der Waals surface area contributed by atoms with Gasteiger partial charge in [0.05, 0.1) is 32.0 Å². The number of ketones is 1. The van der Waals surface area contributed by atoms with Crippen LogP contribution >= 0.6 is 0 Å². The van der Waals surface area contributed by atoms with Crippen molar-refractivity contribution in [1.82, 2.24) is 0 Å². The van der Waals surface area contributed by atoms with Gasteiger partial charge >= 0.3 is 5.97 Å². The van der Waals surface area contributed by atoms with Gasteiger partial charge in [0.1, 0.15) is 17.6 Å². The summed E-state index contributed by atoms with van der Waals surface area (Å²) in [4.78, 5) is 24.1. The molecule has 0 radical (unpaired) electrons. The molecule has 0 fully saturated rings. The number of fused-ring (bicyclic) bond motifs is 1. The zero-order valence-electron chi connectivity index (χ0n) is 12.0. The van der Waals surface area contributed by atoms with Gasteiger partial charge in [0.25, 0.3) is 0 Å². The second kappa shape index (κ2) is 5.97. The fourth-order valence-electron chi connectivity index (χ4n) is 2.29. The highest BCUT2D eigenvalue weighted by Crippen LogP contribution is 2.41. The van der Waals surface area contributed by atoms with Crippen LogP contribution in [0.2, 0.25) is 0 Å². The third kappa shape index (κ3) is 2.50. The van der Waals surface area contributed by atoms with E-state index in [4.69, 9.17) is 14.2 Å². The molecule has 1 unspecified atom stereocenters. The quantitative estimate of drug-likeness (QED) is 0.845. The minimum Gasteiger partial charge on any atom is -0.496 e. The molecular formula is C15H16O6. The Kier molecular flexibility index (Phi) is 4.28. The van der Waals surface area contributed by atoms with Gasteiger partial charge < -0.3 is 19.3 Å². The van der Waals surface area contributed by atoms with Gasteiger partial charge in [-0.3, -0.25) is 4.79 Å². The first-order valence-corrected chi connectivity index (χ1v) is 6.41. The topological polar surface area (TPSA) is 82.1 Å². The van der Waals surface area contributed by atoms with Gasteiger partial charge in [0.2, 0.25) is 0 Å². The first-order chi connectivity index (χ1) is 10.0. The molecule has 0 aliphatic heterocycles. The number of methoxy groups -OCH3 is 2. The summed E-state index contributed by atoms with van der Waals surface area (Å²) >= 11 is 0. The summed E-state index contributed by atoms with van der Waals surface area (Å²) in [6.07, 6.45) is -0.228. The molecular weight excluding hydrogens is 276 g/mol. The third-order valence-corrected chi connectivity index (χ3v) is 3.22. The number of allylic oxidation sites excluding steroid dienone is 1. The number of ether oxygens (including phenoxy) is 3. The summed E-state index contributed by atoms with van der Waals surface area (Å²) in [5, 5.41) is 10.4. The van der Waals surface area contributed by atoms with Crippen LogP contribution in [0.15, 0.2) is 23.8 Å². The molecule has 21 heavy (non-hydrogen) atoms. The molecule has 1 N–H and O–H groups in total. The van der Waals surface area contributed by atoms with Gasteiger partial charge in [-0.2, -0.15) is 0 Å². The van der Waals surface area contributed by atoms with Gasteiger partial charge in [-0.05, 0) is 25.1 Å². The summed E-state index contributed by atoms with van der Waals surface area (Å²) in [5.74, 6) is -0.543. The van der Waals surface area contributed by atoms with Crippen molar-refractivity contribution in [3.05, 3.63) is 34.9 Å². The molecule has 112 valence electrons. The Labute approximate surface area is 121 Å². The maximum atomic E-state index is 12.3. The second-order valence-electron chi connectivity index (χ2n) is 4.35. The number of esters is 1. The van der Waals surface area contributed by atoms with Crippen LogP contribution < -0.4 is 9.47 Å². The predicted octanol–water partition coefficient (Wildman–Crippen LogP) is 1.42. The number of aliphatic hydroxyl groups is 1. The molecule has 0 spiro atoms. The number of rotatable bonds is 4.